The summed E-state index contributed by atoms with van der Waals surface area (Å²) in [5.74, 6) is 1.16. The lowest BCUT2D eigenvalue weighted by Gasteiger charge is -2.37. The maximum Gasteiger partial charge on any atom is 0.226 e. The number of aromatic nitrogens is 2. The Labute approximate surface area is 137 Å². The maximum absolute atomic E-state index is 12.6. The van der Waals surface area contributed by atoms with Crippen molar-refractivity contribution in [2.24, 2.45) is 5.92 Å². The van der Waals surface area contributed by atoms with Crippen molar-refractivity contribution in [3.05, 3.63) is 17.5 Å². The molecule has 1 aliphatic carbocycles. The molecule has 3 rings (SSSR count). The summed E-state index contributed by atoms with van der Waals surface area (Å²) >= 11 is 0. The fraction of sp³-hybridized carbons (Fsp3) is 0.647. The Morgan fingerprint density at radius 2 is 1.87 bits per heavy atom. The van der Waals surface area contributed by atoms with E-state index < -0.39 is 0 Å². The standard InChI is InChI=1S/C17H23N5O/c1-13-11-15(12-18)20-17(19-13)22-9-7-21(8-10-22)16(23)14-5-3-2-4-6-14/h11,14H,2-10H2,1H3. The van der Waals surface area contributed by atoms with Crippen LogP contribution in [0.25, 0.3) is 0 Å². The predicted molar refractivity (Wildman–Crippen MR) is 86.9 cm³/mol. The molecule has 0 N–H and O–H groups in total. The highest BCUT2D eigenvalue weighted by molar-refractivity contribution is 5.79. The van der Waals surface area contributed by atoms with Gasteiger partial charge in [0.2, 0.25) is 11.9 Å². The summed E-state index contributed by atoms with van der Waals surface area (Å²) in [7, 11) is 0. The number of aryl methyl sites for hydroxylation is 1. The summed E-state index contributed by atoms with van der Waals surface area (Å²) < 4.78 is 0. The lowest BCUT2D eigenvalue weighted by molar-refractivity contribution is -0.136. The van der Waals surface area contributed by atoms with E-state index in [4.69, 9.17) is 5.26 Å². The number of hydrogen-bond acceptors (Lipinski definition) is 5. The van der Waals surface area contributed by atoms with Crippen LogP contribution in [0.3, 0.4) is 0 Å². The molecule has 2 aliphatic rings. The van der Waals surface area contributed by atoms with Crippen molar-refractivity contribution in [2.45, 2.75) is 39.0 Å². The van der Waals surface area contributed by atoms with Gasteiger partial charge in [-0.25, -0.2) is 9.97 Å². The van der Waals surface area contributed by atoms with Gasteiger partial charge >= 0.3 is 0 Å². The Morgan fingerprint density at radius 3 is 2.52 bits per heavy atom. The third-order valence-electron chi connectivity index (χ3n) is 4.79. The van der Waals surface area contributed by atoms with Crippen molar-refractivity contribution in [1.82, 2.24) is 14.9 Å². The molecule has 1 aromatic rings. The topological polar surface area (TPSA) is 73.1 Å². The molecule has 1 saturated carbocycles. The van der Waals surface area contributed by atoms with Gasteiger partial charge in [-0.3, -0.25) is 4.79 Å². The van der Waals surface area contributed by atoms with Gasteiger partial charge in [-0.2, -0.15) is 5.26 Å². The molecule has 0 bridgehead atoms. The number of nitriles is 1. The van der Waals surface area contributed by atoms with E-state index in [0.29, 0.717) is 30.6 Å². The summed E-state index contributed by atoms with van der Waals surface area (Å²) in [6.45, 7) is 4.76. The number of piperazine rings is 1. The Balaban J connectivity index is 1.61. The van der Waals surface area contributed by atoms with Crippen LogP contribution >= 0.6 is 0 Å². The van der Waals surface area contributed by atoms with Gasteiger partial charge in [0.15, 0.2) is 0 Å². The quantitative estimate of drug-likeness (QED) is 0.833. The second kappa shape index (κ2) is 6.95. The first-order valence-electron chi connectivity index (χ1n) is 8.47. The molecule has 1 amide bonds. The third kappa shape index (κ3) is 3.61. The smallest absolute Gasteiger partial charge is 0.226 e. The number of nitrogens with zero attached hydrogens (tertiary/aromatic N) is 5. The highest BCUT2D eigenvalue weighted by Gasteiger charge is 2.29. The number of carbonyl (C=O) groups excluding carboxylic acids is 1. The molecule has 23 heavy (non-hydrogen) atoms. The minimum atomic E-state index is 0.232. The van der Waals surface area contributed by atoms with Gasteiger partial charge < -0.3 is 9.80 Å². The SMILES string of the molecule is Cc1cc(C#N)nc(N2CCN(C(=O)C3CCCCC3)CC2)n1. The van der Waals surface area contributed by atoms with Crippen LogP contribution in [0, 0.1) is 24.2 Å². The average molecular weight is 313 g/mol. The van der Waals surface area contributed by atoms with Crippen LogP contribution in [0.15, 0.2) is 6.07 Å². The van der Waals surface area contributed by atoms with E-state index in [1.807, 2.05) is 11.8 Å². The van der Waals surface area contributed by atoms with Crippen LogP contribution in [-0.2, 0) is 4.79 Å². The van der Waals surface area contributed by atoms with Gasteiger partial charge in [-0.1, -0.05) is 19.3 Å². The fourth-order valence-corrected chi connectivity index (χ4v) is 3.49. The molecule has 1 saturated heterocycles. The molecule has 6 heteroatoms. The Hall–Kier alpha value is -2.16. The molecule has 0 spiro atoms. The summed E-state index contributed by atoms with van der Waals surface area (Å²) in [4.78, 5) is 25.4. The van der Waals surface area contributed by atoms with Crippen molar-refractivity contribution < 1.29 is 4.79 Å². The van der Waals surface area contributed by atoms with E-state index in [1.54, 1.807) is 6.07 Å². The number of hydrogen-bond donors (Lipinski definition) is 0. The van der Waals surface area contributed by atoms with E-state index in [0.717, 1.165) is 31.6 Å². The largest absolute Gasteiger partial charge is 0.339 e. The Kier molecular flexibility index (Phi) is 4.75. The van der Waals surface area contributed by atoms with E-state index in [-0.39, 0.29) is 5.92 Å². The first kappa shape index (κ1) is 15.7. The van der Waals surface area contributed by atoms with Gasteiger partial charge in [0.1, 0.15) is 11.8 Å². The Bertz CT molecular complexity index is 610. The molecule has 2 heterocycles. The minimum absolute atomic E-state index is 0.232. The van der Waals surface area contributed by atoms with Crippen LogP contribution in [0.5, 0.6) is 0 Å². The van der Waals surface area contributed by atoms with Gasteiger partial charge in [0, 0.05) is 37.8 Å². The zero-order valence-electron chi connectivity index (χ0n) is 13.7. The predicted octanol–water partition coefficient (Wildman–Crippen LogP) is 1.89. The second-order valence-electron chi connectivity index (χ2n) is 6.45. The van der Waals surface area contributed by atoms with Gasteiger partial charge in [0.05, 0.1) is 0 Å². The van der Waals surface area contributed by atoms with Crippen LogP contribution in [0.4, 0.5) is 5.95 Å². The number of anilines is 1. The average Bonchev–Trinajstić information content (AvgIpc) is 2.61. The first-order chi connectivity index (χ1) is 11.2. The van der Waals surface area contributed by atoms with E-state index in [1.165, 1.54) is 19.3 Å². The molecular weight excluding hydrogens is 290 g/mol. The van der Waals surface area contributed by atoms with Gasteiger partial charge in [0.25, 0.3) is 0 Å². The summed E-state index contributed by atoms with van der Waals surface area (Å²) in [5, 5.41) is 9.03. The van der Waals surface area contributed by atoms with Gasteiger partial charge in [-0.15, -0.1) is 0 Å². The van der Waals surface area contributed by atoms with Crippen LogP contribution in [-0.4, -0.2) is 47.0 Å². The normalized spacial score (nSPS) is 19.5. The minimum Gasteiger partial charge on any atom is -0.339 e. The molecule has 122 valence electrons. The number of carbonyl (C=O) groups is 1. The molecule has 0 aromatic carbocycles. The van der Waals surface area contributed by atoms with Crippen molar-refractivity contribution >= 4 is 11.9 Å². The van der Waals surface area contributed by atoms with Crippen molar-refractivity contribution in [3.8, 4) is 6.07 Å². The summed E-state index contributed by atoms with van der Waals surface area (Å²) in [6, 6.07) is 3.76. The molecule has 1 aromatic heterocycles. The number of amides is 1. The van der Waals surface area contributed by atoms with Crippen molar-refractivity contribution in [2.75, 3.05) is 31.1 Å². The Morgan fingerprint density at radius 1 is 1.17 bits per heavy atom. The lowest BCUT2D eigenvalue weighted by Crippen LogP contribution is -2.51. The summed E-state index contributed by atoms with van der Waals surface area (Å²) in [5.41, 5.74) is 1.19. The molecule has 1 aliphatic heterocycles. The monoisotopic (exact) mass is 313 g/mol. The second-order valence-corrected chi connectivity index (χ2v) is 6.45. The van der Waals surface area contributed by atoms with E-state index in [2.05, 4.69) is 20.9 Å². The molecule has 2 fully saturated rings. The fourth-order valence-electron chi connectivity index (χ4n) is 3.49. The molecule has 0 atom stereocenters. The summed E-state index contributed by atoms with van der Waals surface area (Å²) in [6.07, 6.45) is 5.73. The first-order valence-corrected chi connectivity index (χ1v) is 8.47. The van der Waals surface area contributed by atoms with Crippen LogP contribution < -0.4 is 4.90 Å². The molecule has 0 unspecified atom stereocenters. The molecule has 0 radical (unpaired) electrons. The zero-order valence-corrected chi connectivity index (χ0v) is 13.7. The zero-order chi connectivity index (χ0) is 16.2. The van der Waals surface area contributed by atoms with Crippen molar-refractivity contribution in [3.63, 3.8) is 0 Å². The highest BCUT2D eigenvalue weighted by Crippen LogP contribution is 2.26. The molecule has 6 nitrogen and oxygen atoms in total. The third-order valence-corrected chi connectivity index (χ3v) is 4.79. The van der Waals surface area contributed by atoms with Crippen LogP contribution in [0.1, 0.15) is 43.5 Å². The van der Waals surface area contributed by atoms with Crippen LogP contribution in [0.2, 0.25) is 0 Å². The lowest BCUT2D eigenvalue weighted by atomic mass is 9.88. The van der Waals surface area contributed by atoms with E-state index >= 15 is 0 Å². The number of rotatable bonds is 2. The highest BCUT2D eigenvalue weighted by atomic mass is 16.2. The van der Waals surface area contributed by atoms with E-state index in [9.17, 15) is 4.79 Å². The molecular formula is C17H23N5O. The van der Waals surface area contributed by atoms with Gasteiger partial charge in [-0.05, 0) is 25.8 Å². The van der Waals surface area contributed by atoms with Crippen molar-refractivity contribution in [1.29, 1.82) is 5.26 Å². The maximum atomic E-state index is 12.6.